The van der Waals surface area contributed by atoms with Crippen molar-refractivity contribution in [1.29, 1.82) is 0 Å². The van der Waals surface area contributed by atoms with E-state index in [0.717, 1.165) is 31.0 Å². The lowest BCUT2D eigenvalue weighted by atomic mass is 10.1. The van der Waals surface area contributed by atoms with Gasteiger partial charge in [0, 0.05) is 31.9 Å². The van der Waals surface area contributed by atoms with Gasteiger partial charge in [-0.2, -0.15) is 0 Å². The first-order chi connectivity index (χ1) is 9.81. The minimum atomic E-state index is -0.211. The van der Waals surface area contributed by atoms with Gasteiger partial charge in [-0.15, -0.1) is 0 Å². The molecule has 2 aromatic rings. The third kappa shape index (κ3) is 3.11. The molecule has 1 fully saturated rings. The number of morpholine rings is 1. The Morgan fingerprint density at radius 3 is 2.70 bits per heavy atom. The van der Waals surface area contributed by atoms with E-state index >= 15 is 0 Å². The van der Waals surface area contributed by atoms with Crippen LogP contribution < -0.4 is 4.90 Å². The van der Waals surface area contributed by atoms with Crippen LogP contribution in [0, 0.1) is 5.82 Å². The summed E-state index contributed by atoms with van der Waals surface area (Å²) >= 11 is 0. The van der Waals surface area contributed by atoms with Crippen LogP contribution in [0.15, 0.2) is 42.7 Å². The van der Waals surface area contributed by atoms with E-state index in [9.17, 15) is 4.39 Å². The largest absolute Gasteiger partial charge is 0.374 e. The van der Waals surface area contributed by atoms with E-state index < -0.39 is 0 Å². The lowest BCUT2D eigenvalue weighted by molar-refractivity contribution is 0.0405. The molecule has 0 saturated carbocycles. The van der Waals surface area contributed by atoms with Crippen LogP contribution in [0.5, 0.6) is 0 Å². The van der Waals surface area contributed by atoms with Gasteiger partial charge in [0.15, 0.2) is 0 Å². The van der Waals surface area contributed by atoms with Crippen LogP contribution in [0.25, 0.3) is 0 Å². The van der Waals surface area contributed by atoms with Gasteiger partial charge in [0.2, 0.25) is 5.95 Å². The second kappa shape index (κ2) is 5.96. The normalized spacial score (nSPS) is 19.1. The smallest absolute Gasteiger partial charge is 0.225 e. The summed E-state index contributed by atoms with van der Waals surface area (Å²) in [7, 11) is 0. The standard InChI is InChI=1S/C15H16FN3O/c16-13-4-2-12(3-5-13)10-14-11-19(8-9-20-14)15-17-6-1-7-18-15/h1-7,14H,8-11H2. The maximum absolute atomic E-state index is 12.9. The number of anilines is 1. The topological polar surface area (TPSA) is 38.2 Å². The lowest BCUT2D eigenvalue weighted by Gasteiger charge is -2.33. The molecule has 2 heterocycles. The number of nitrogens with zero attached hydrogens (tertiary/aromatic N) is 3. The molecule has 3 rings (SSSR count). The van der Waals surface area contributed by atoms with Crippen LogP contribution in [0.3, 0.4) is 0 Å². The first-order valence-corrected chi connectivity index (χ1v) is 6.69. The minimum Gasteiger partial charge on any atom is -0.374 e. The van der Waals surface area contributed by atoms with Gasteiger partial charge in [-0.05, 0) is 23.8 Å². The van der Waals surface area contributed by atoms with Crippen molar-refractivity contribution in [1.82, 2.24) is 9.97 Å². The number of hydrogen-bond acceptors (Lipinski definition) is 4. The zero-order valence-corrected chi connectivity index (χ0v) is 11.1. The molecule has 1 saturated heterocycles. The van der Waals surface area contributed by atoms with Gasteiger partial charge < -0.3 is 9.64 Å². The van der Waals surface area contributed by atoms with Crippen molar-refractivity contribution in [2.75, 3.05) is 24.6 Å². The molecule has 5 heteroatoms. The molecule has 0 spiro atoms. The quantitative estimate of drug-likeness (QED) is 0.858. The van der Waals surface area contributed by atoms with Crippen molar-refractivity contribution in [3.63, 3.8) is 0 Å². The van der Waals surface area contributed by atoms with Crippen molar-refractivity contribution < 1.29 is 9.13 Å². The molecular formula is C15H16FN3O. The lowest BCUT2D eigenvalue weighted by Crippen LogP contribution is -2.44. The highest BCUT2D eigenvalue weighted by atomic mass is 19.1. The highest BCUT2D eigenvalue weighted by Gasteiger charge is 2.22. The summed E-state index contributed by atoms with van der Waals surface area (Å²) in [6.07, 6.45) is 4.33. The third-order valence-corrected chi connectivity index (χ3v) is 3.35. The fraction of sp³-hybridized carbons (Fsp3) is 0.333. The molecule has 1 aliphatic heterocycles. The molecular weight excluding hydrogens is 257 g/mol. The molecule has 0 aliphatic carbocycles. The monoisotopic (exact) mass is 273 g/mol. The molecule has 0 bridgehead atoms. The van der Waals surface area contributed by atoms with Gasteiger partial charge in [-0.25, -0.2) is 14.4 Å². The predicted octanol–water partition coefficient (Wildman–Crippen LogP) is 2.06. The Labute approximate surface area is 117 Å². The van der Waals surface area contributed by atoms with E-state index in [1.54, 1.807) is 30.6 Å². The van der Waals surface area contributed by atoms with Crippen LogP contribution in [-0.4, -0.2) is 35.8 Å². The Balaban J connectivity index is 1.65. The van der Waals surface area contributed by atoms with Gasteiger partial charge in [0.05, 0.1) is 12.7 Å². The van der Waals surface area contributed by atoms with Gasteiger partial charge in [0.25, 0.3) is 0 Å². The molecule has 0 radical (unpaired) electrons. The zero-order valence-electron chi connectivity index (χ0n) is 11.1. The summed E-state index contributed by atoms with van der Waals surface area (Å²) in [5, 5.41) is 0. The number of halogens is 1. The molecule has 20 heavy (non-hydrogen) atoms. The van der Waals surface area contributed by atoms with E-state index in [1.165, 1.54) is 12.1 Å². The molecule has 1 unspecified atom stereocenters. The highest BCUT2D eigenvalue weighted by Crippen LogP contribution is 2.15. The highest BCUT2D eigenvalue weighted by molar-refractivity contribution is 5.29. The fourth-order valence-corrected chi connectivity index (χ4v) is 2.36. The number of aromatic nitrogens is 2. The molecule has 0 N–H and O–H groups in total. The number of rotatable bonds is 3. The molecule has 4 nitrogen and oxygen atoms in total. The van der Waals surface area contributed by atoms with Crippen molar-refractivity contribution in [3.05, 3.63) is 54.1 Å². The SMILES string of the molecule is Fc1ccc(CC2CN(c3ncccn3)CCO2)cc1. The third-order valence-electron chi connectivity index (χ3n) is 3.35. The first kappa shape index (κ1) is 13.0. The summed E-state index contributed by atoms with van der Waals surface area (Å²) < 4.78 is 18.7. The van der Waals surface area contributed by atoms with Crippen molar-refractivity contribution in [2.45, 2.75) is 12.5 Å². The second-order valence-corrected chi connectivity index (χ2v) is 4.82. The van der Waals surface area contributed by atoms with Crippen molar-refractivity contribution in [2.24, 2.45) is 0 Å². The second-order valence-electron chi connectivity index (χ2n) is 4.82. The van der Waals surface area contributed by atoms with Crippen LogP contribution in [-0.2, 0) is 11.2 Å². The molecule has 1 atom stereocenters. The van der Waals surface area contributed by atoms with Crippen LogP contribution in [0.2, 0.25) is 0 Å². The minimum absolute atomic E-state index is 0.0815. The maximum Gasteiger partial charge on any atom is 0.225 e. The van der Waals surface area contributed by atoms with E-state index in [-0.39, 0.29) is 11.9 Å². The number of benzene rings is 1. The van der Waals surface area contributed by atoms with Gasteiger partial charge in [0.1, 0.15) is 5.82 Å². The maximum atomic E-state index is 12.9. The first-order valence-electron chi connectivity index (χ1n) is 6.69. The van der Waals surface area contributed by atoms with Crippen molar-refractivity contribution >= 4 is 5.95 Å². The Bertz CT molecular complexity index is 547. The van der Waals surface area contributed by atoms with E-state index in [4.69, 9.17) is 4.74 Å². The van der Waals surface area contributed by atoms with Crippen LogP contribution >= 0.6 is 0 Å². The summed E-state index contributed by atoms with van der Waals surface area (Å²) in [5.41, 5.74) is 1.08. The average molecular weight is 273 g/mol. The molecule has 1 aliphatic rings. The Morgan fingerprint density at radius 1 is 1.20 bits per heavy atom. The number of hydrogen-bond donors (Lipinski definition) is 0. The Morgan fingerprint density at radius 2 is 1.95 bits per heavy atom. The Hall–Kier alpha value is -2.01. The van der Waals surface area contributed by atoms with E-state index in [2.05, 4.69) is 14.9 Å². The summed E-state index contributed by atoms with van der Waals surface area (Å²) in [4.78, 5) is 10.7. The Kier molecular flexibility index (Phi) is 3.87. The molecule has 1 aromatic carbocycles. The summed E-state index contributed by atoms with van der Waals surface area (Å²) in [6, 6.07) is 8.37. The number of ether oxygens (including phenoxy) is 1. The van der Waals surface area contributed by atoms with E-state index in [0.29, 0.717) is 6.61 Å². The van der Waals surface area contributed by atoms with Crippen LogP contribution in [0.4, 0.5) is 10.3 Å². The van der Waals surface area contributed by atoms with Gasteiger partial charge in [-0.1, -0.05) is 12.1 Å². The molecule has 104 valence electrons. The zero-order chi connectivity index (χ0) is 13.8. The summed E-state index contributed by atoms with van der Waals surface area (Å²) in [6.45, 7) is 2.20. The average Bonchev–Trinajstić information content (AvgIpc) is 2.51. The van der Waals surface area contributed by atoms with Gasteiger partial charge in [-0.3, -0.25) is 0 Å². The van der Waals surface area contributed by atoms with Crippen molar-refractivity contribution in [3.8, 4) is 0 Å². The van der Waals surface area contributed by atoms with Crippen LogP contribution in [0.1, 0.15) is 5.56 Å². The fourth-order valence-electron chi connectivity index (χ4n) is 2.36. The van der Waals surface area contributed by atoms with E-state index in [1.807, 2.05) is 0 Å². The summed E-state index contributed by atoms with van der Waals surface area (Å²) in [5.74, 6) is 0.525. The van der Waals surface area contributed by atoms with Gasteiger partial charge >= 0.3 is 0 Å². The molecule has 0 amide bonds. The molecule has 1 aromatic heterocycles. The predicted molar refractivity (Wildman–Crippen MR) is 74.1 cm³/mol.